The maximum absolute atomic E-state index is 6.40. The number of hydrogen-bond donors (Lipinski definition) is 0. The molecule has 4 aromatic carbocycles. The van der Waals surface area contributed by atoms with Crippen molar-refractivity contribution in [3.63, 3.8) is 0 Å². The largest absolute Gasteiger partial charge is 0.457 e. The molecule has 0 aliphatic heterocycles. The van der Waals surface area contributed by atoms with E-state index in [1.807, 2.05) is 102 Å². The van der Waals surface area contributed by atoms with Crippen LogP contribution in [0.3, 0.4) is 0 Å². The normalized spacial score (nSPS) is 11.4. The van der Waals surface area contributed by atoms with E-state index in [1.54, 1.807) is 0 Å². The van der Waals surface area contributed by atoms with Crippen molar-refractivity contribution in [2.45, 2.75) is 0 Å². The van der Waals surface area contributed by atoms with Gasteiger partial charge in [0.15, 0.2) is 0 Å². The van der Waals surface area contributed by atoms with Crippen LogP contribution in [0.1, 0.15) is 0 Å². The number of benzene rings is 4. The van der Waals surface area contributed by atoms with E-state index in [0.29, 0.717) is 0 Å². The first-order chi connectivity index (χ1) is 20.3. The molecule has 0 spiro atoms. The smallest absolute Gasteiger partial charge is 0.137 e. The van der Waals surface area contributed by atoms with Gasteiger partial charge in [-0.1, -0.05) is 48.5 Å². The van der Waals surface area contributed by atoms with Gasteiger partial charge in [-0.15, -0.1) is 0 Å². The first-order valence-corrected chi connectivity index (χ1v) is 13.4. The van der Waals surface area contributed by atoms with E-state index in [9.17, 15) is 0 Å². The molecule has 0 saturated carbocycles. The summed E-state index contributed by atoms with van der Waals surface area (Å²) in [5.74, 6) is 2.35. The summed E-state index contributed by atoms with van der Waals surface area (Å²) >= 11 is 0. The van der Waals surface area contributed by atoms with Crippen LogP contribution in [-0.4, -0.2) is 24.3 Å². The van der Waals surface area contributed by atoms with E-state index in [4.69, 9.17) is 4.74 Å². The molecule has 0 unspecified atom stereocenters. The van der Waals surface area contributed by atoms with Gasteiger partial charge >= 0.3 is 0 Å². The number of fused-ring (bicyclic) bond motifs is 4. The standard InChI is InChI=1S/C35H23N5O/c1-3-12-32-29(10-1)28(17-19-36-32)24-22-38-39(23-24)25-8-7-9-26(20-25)41-27-15-16-31-30-11-2-4-13-33(30)40(34(31)21-27)35-14-5-6-18-37-35/h1-23H. The summed E-state index contributed by atoms with van der Waals surface area (Å²) in [6.07, 6.45) is 7.59. The molecular formula is C35H23N5O. The first-order valence-electron chi connectivity index (χ1n) is 13.4. The molecular weight excluding hydrogens is 506 g/mol. The summed E-state index contributed by atoms with van der Waals surface area (Å²) in [5.41, 5.74) is 6.16. The van der Waals surface area contributed by atoms with E-state index in [1.165, 1.54) is 5.39 Å². The van der Waals surface area contributed by atoms with Gasteiger partial charge in [-0.25, -0.2) is 9.67 Å². The molecule has 8 rings (SSSR count). The van der Waals surface area contributed by atoms with E-state index in [2.05, 4.69) is 62.1 Å². The summed E-state index contributed by atoms with van der Waals surface area (Å²) in [5, 5.41) is 8.09. The minimum absolute atomic E-state index is 0.730. The highest BCUT2D eigenvalue weighted by Gasteiger charge is 2.14. The predicted molar refractivity (Wildman–Crippen MR) is 163 cm³/mol. The molecule has 0 aliphatic carbocycles. The number of nitrogens with zero attached hydrogens (tertiary/aromatic N) is 5. The van der Waals surface area contributed by atoms with Gasteiger partial charge in [-0.05, 0) is 60.2 Å². The van der Waals surface area contributed by atoms with Gasteiger partial charge in [0.1, 0.15) is 17.3 Å². The lowest BCUT2D eigenvalue weighted by Gasteiger charge is -2.10. The van der Waals surface area contributed by atoms with Gasteiger partial charge in [-0.2, -0.15) is 5.10 Å². The molecule has 0 N–H and O–H groups in total. The van der Waals surface area contributed by atoms with Gasteiger partial charge in [0, 0.05) is 52.4 Å². The highest BCUT2D eigenvalue weighted by molar-refractivity contribution is 6.09. The van der Waals surface area contributed by atoms with Crippen molar-refractivity contribution in [2.24, 2.45) is 0 Å². The Bertz CT molecular complexity index is 2190. The summed E-state index contributed by atoms with van der Waals surface area (Å²) in [6.45, 7) is 0. The van der Waals surface area contributed by atoms with Crippen molar-refractivity contribution < 1.29 is 4.74 Å². The van der Waals surface area contributed by atoms with Crippen LogP contribution in [0.4, 0.5) is 0 Å². The fourth-order valence-corrected chi connectivity index (χ4v) is 5.52. The number of rotatable bonds is 5. The highest BCUT2D eigenvalue weighted by Crippen LogP contribution is 2.35. The fourth-order valence-electron chi connectivity index (χ4n) is 5.52. The van der Waals surface area contributed by atoms with Crippen LogP contribution in [0, 0.1) is 0 Å². The maximum atomic E-state index is 6.40. The van der Waals surface area contributed by atoms with E-state index in [0.717, 1.165) is 61.5 Å². The molecule has 8 aromatic rings. The average Bonchev–Trinajstić information content (AvgIpc) is 3.65. The molecule has 4 aromatic heterocycles. The molecule has 0 bridgehead atoms. The van der Waals surface area contributed by atoms with E-state index >= 15 is 0 Å². The Balaban J connectivity index is 1.15. The Morgan fingerprint density at radius 3 is 2.34 bits per heavy atom. The topological polar surface area (TPSA) is 57.8 Å². The highest BCUT2D eigenvalue weighted by atomic mass is 16.5. The molecule has 6 heteroatoms. The number of ether oxygens (including phenoxy) is 1. The van der Waals surface area contributed by atoms with Gasteiger partial charge in [0.2, 0.25) is 0 Å². The summed E-state index contributed by atoms with van der Waals surface area (Å²) in [6, 6.07) is 38.7. The lowest BCUT2D eigenvalue weighted by atomic mass is 10.0. The summed E-state index contributed by atoms with van der Waals surface area (Å²) in [4.78, 5) is 9.12. The van der Waals surface area contributed by atoms with Crippen molar-refractivity contribution in [3.8, 4) is 34.1 Å². The van der Waals surface area contributed by atoms with Gasteiger partial charge in [0.05, 0.1) is 28.4 Å². The Labute approximate surface area is 235 Å². The summed E-state index contributed by atoms with van der Waals surface area (Å²) < 4.78 is 10.5. The molecule has 6 nitrogen and oxygen atoms in total. The minimum Gasteiger partial charge on any atom is -0.457 e. The second kappa shape index (κ2) is 9.47. The third-order valence-corrected chi connectivity index (χ3v) is 7.38. The van der Waals surface area contributed by atoms with Crippen molar-refractivity contribution in [1.82, 2.24) is 24.3 Å². The number of para-hydroxylation sites is 2. The minimum atomic E-state index is 0.730. The monoisotopic (exact) mass is 529 g/mol. The van der Waals surface area contributed by atoms with Crippen LogP contribution in [0.15, 0.2) is 140 Å². The zero-order valence-electron chi connectivity index (χ0n) is 21.9. The van der Waals surface area contributed by atoms with Crippen LogP contribution in [0.2, 0.25) is 0 Å². The fraction of sp³-hybridized carbons (Fsp3) is 0. The van der Waals surface area contributed by atoms with Crippen molar-refractivity contribution in [3.05, 3.63) is 140 Å². The van der Waals surface area contributed by atoms with Crippen LogP contribution < -0.4 is 4.74 Å². The molecule has 0 radical (unpaired) electrons. The predicted octanol–water partition coefficient (Wildman–Crippen LogP) is 8.37. The third kappa shape index (κ3) is 4.01. The Morgan fingerprint density at radius 1 is 0.585 bits per heavy atom. The number of aromatic nitrogens is 5. The average molecular weight is 530 g/mol. The van der Waals surface area contributed by atoms with Gasteiger partial charge in [-0.3, -0.25) is 9.55 Å². The maximum Gasteiger partial charge on any atom is 0.137 e. The number of pyridine rings is 2. The zero-order chi connectivity index (χ0) is 27.2. The van der Waals surface area contributed by atoms with E-state index in [-0.39, 0.29) is 0 Å². The van der Waals surface area contributed by atoms with Crippen LogP contribution in [0.25, 0.3) is 55.3 Å². The van der Waals surface area contributed by atoms with E-state index < -0.39 is 0 Å². The van der Waals surface area contributed by atoms with Crippen LogP contribution >= 0.6 is 0 Å². The van der Waals surface area contributed by atoms with Crippen LogP contribution in [-0.2, 0) is 0 Å². The van der Waals surface area contributed by atoms with Gasteiger partial charge < -0.3 is 4.74 Å². The molecule has 4 heterocycles. The molecule has 0 fully saturated rings. The van der Waals surface area contributed by atoms with Gasteiger partial charge in [0.25, 0.3) is 0 Å². The zero-order valence-corrected chi connectivity index (χ0v) is 21.9. The lowest BCUT2D eigenvalue weighted by molar-refractivity contribution is 0.483. The lowest BCUT2D eigenvalue weighted by Crippen LogP contribution is -1.96. The SMILES string of the molecule is c1ccc(-n2c3ccccc3c3ccc(Oc4cccc(-n5cc(-c6ccnc7ccccc67)cn5)c4)cc32)nc1. The molecule has 0 aliphatic rings. The Morgan fingerprint density at radius 2 is 1.41 bits per heavy atom. The van der Waals surface area contributed by atoms with Crippen LogP contribution in [0.5, 0.6) is 11.5 Å². The molecule has 41 heavy (non-hydrogen) atoms. The summed E-state index contributed by atoms with van der Waals surface area (Å²) in [7, 11) is 0. The molecule has 194 valence electrons. The number of hydrogen-bond acceptors (Lipinski definition) is 4. The third-order valence-electron chi connectivity index (χ3n) is 7.38. The molecule has 0 amide bonds. The quantitative estimate of drug-likeness (QED) is 0.225. The van der Waals surface area contributed by atoms with Crippen molar-refractivity contribution in [2.75, 3.05) is 0 Å². The molecule has 0 atom stereocenters. The first kappa shape index (κ1) is 23.2. The Kier molecular flexibility index (Phi) is 5.35. The van der Waals surface area contributed by atoms with Crippen molar-refractivity contribution >= 4 is 32.7 Å². The van der Waals surface area contributed by atoms with Crippen molar-refractivity contribution in [1.29, 1.82) is 0 Å². The second-order valence-electron chi connectivity index (χ2n) is 9.87. The Hall–Kier alpha value is -5.75. The second-order valence-corrected chi connectivity index (χ2v) is 9.87. The molecule has 0 saturated heterocycles.